The molecule has 0 amide bonds. The maximum atomic E-state index is 12.8. The van der Waals surface area contributed by atoms with E-state index < -0.39 is 36.1 Å². The van der Waals surface area contributed by atoms with Gasteiger partial charge in [0.2, 0.25) is 0 Å². The molecule has 166 valence electrons. The first-order valence-electron chi connectivity index (χ1n) is 10.1. The molecule has 0 fully saturated rings. The number of rotatable bonds is 8. The van der Waals surface area contributed by atoms with Crippen LogP contribution in [-0.2, 0) is 20.7 Å². The second kappa shape index (κ2) is 10.3. The first-order valence-corrected chi connectivity index (χ1v) is 10.1. The zero-order valence-electron chi connectivity index (χ0n) is 17.9. The van der Waals surface area contributed by atoms with Crippen molar-refractivity contribution in [2.75, 3.05) is 13.7 Å². The van der Waals surface area contributed by atoms with Crippen molar-refractivity contribution >= 4 is 11.6 Å². The lowest BCUT2D eigenvalue weighted by molar-refractivity contribution is -0.149. The molecule has 1 aromatic rings. The summed E-state index contributed by atoms with van der Waals surface area (Å²) in [4.78, 5) is 25.3. The van der Waals surface area contributed by atoms with Crippen LogP contribution in [0.15, 0.2) is 36.4 Å². The summed E-state index contributed by atoms with van der Waals surface area (Å²) in [5.41, 5.74) is 0.546. The first kappa shape index (κ1) is 24.2. The smallest absolute Gasteiger partial charge is 0.165 e. The average molecular weight is 421 g/mol. The third-order valence-electron chi connectivity index (χ3n) is 5.05. The summed E-state index contributed by atoms with van der Waals surface area (Å²) >= 11 is 0. The molecule has 3 N–H and O–H groups in total. The van der Waals surface area contributed by atoms with E-state index in [-0.39, 0.29) is 30.6 Å². The molecule has 7 heteroatoms. The number of benzene rings is 1. The molecule has 0 bridgehead atoms. The van der Waals surface area contributed by atoms with E-state index in [1.165, 1.54) is 13.2 Å². The Labute approximate surface area is 177 Å². The van der Waals surface area contributed by atoms with E-state index in [1.54, 1.807) is 12.1 Å². The van der Waals surface area contributed by atoms with Gasteiger partial charge in [-0.05, 0) is 11.5 Å². The molecule has 1 aliphatic rings. The Morgan fingerprint density at radius 1 is 1.23 bits per heavy atom. The standard InChI is InChI=1S/C23H32O7/c1-23(2,3)10-9-16(24)20(27)21(28)22(29-4)18(26)12-15-13-30-19-8-6-5-7-14(19)11-17(15)25/h5-10,15-16,20-22,24,27-28H,11-13H2,1-4H3/b10-9+/t15-,16+,20-,21+,22-/m0/s1. The molecule has 0 radical (unpaired) electrons. The molecule has 0 aromatic heterocycles. The lowest BCUT2D eigenvalue weighted by atomic mass is 9.90. The number of fused-ring (bicyclic) bond motifs is 1. The van der Waals surface area contributed by atoms with Gasteiger partial charge in [0.1, 0.15) is 35.9 Å². The van der Waals surface area contributed by atoms with Gasteiger partial charge in [0.05, 0.1) is 12.5 Å². The summed E-state index contributed by atoms with van der Waals surface area (Å²) in [5.74, 6) is -0.735. The van der Waals surface area contributed by atoms with Gasteiger partial charge in [0.25, 0.3) is 0 Å². The van der Waals surface area contributed by atoms with E-state index in [0.29, 0.717) is 5.75 Å². The fourth-order valence-electron chi connectivity index (χ4n) is 3.28. The number of para-hydroxylation sites is 1. The average Bonchev–Trinajstić information content (AvgIpc) is 2.84. The minimum atomic E-state index is -1.65. The van der Waals surface area contributed by atoms with Gasteiger partial charge in [-0.25, -0.2) is 0 Å². The molecule has 1 aromatic carbocycles. The quantitative estimate of drug-likeness (QED) is 0.546. The van der Waals surface area contributed by atoms with Crippen LogP contribution in [0.2, 0.25) is 0 Å². The second-order valence-corrected chi connectivity index (χ2v) is 8.78. The number of carbonyl (C=O) groups excluding carboxylic acids is 2. The van der Waals surface area contributed by atoms with Crippen LogP contribution in [0, 0.1) is 11.3 Å². The van der Waals surface area contributed by atoms with Crippen molar-refractivity contribution in [3.63, 3.8) is 0 Å². The van der Waals surface area contributed by atoms with Gasteiger partial charge in [-0.3, -0.25) is 9.59 Å². The highest BCUT2D eigenvalue weighted by Gasteiger charge is 2.37. The Morgan fingerprint density at radius 3 is 2.53 bits per heavy atom. The molecule has 5 atom stereocenters. The van der Waals surface area contributed by atoms with Crippen molar-refractivity contribution in [1.82, 2.24) is 0 Å². The molecule has 1 heterocycles. The van der Waals surface area contributed by atoms with Crippen LogP contribution in [0.25, 0.3) is 0 Å². The third-order valence-corrected chi connectivity index (χ3v) is 5.05. The number of methoxy groups -OCH3 is 1. The second-order valence-electron chi connectivity index (χ2n) is 8.78. The van der Waals surface area contributed by atoms with E-state index in [9.17, 15) is 24.9 Å². The molecule has 0 unspecified atom stereocenters. The minimum Gasteiger partial charge on any atom is -0.493 e. The zero-order chi connectivity index (χ0) is 22.5. The minimum absolute atomic E-state index is 0.0492. The Balaban J connectivity index is 2.03. The molecule has 0 aliphatic carbocycles. The Kier molecular flexibility index (Phi) is 8.32. The van der Waals surface area contributed by atoms with Gasteiger partial charge < -0.3 is 24.8 Å². The van der Waals surface area contributed by atoms with Gasteiger partial charge in [-0.1, -0.05) is 51.1 Å². The zero-order valence-corrected chi connectivity index (χ0v) is 17.9. The number of aliphatic hydroxyl groups excluding tert-OH is 3. The van der Waals surface area contributed by atoms with Crippen molar-refractivity contribution in [2.24, 2.45) is 11.3 Å². The highest BCUT2D eigenvalue weighted by molar-refractivity contribution is 5.92. The Hall–Kier alpha value is -2.06. The van der Waals surface area contributed by atoms with Crippen LogP contribution in [0.4, 0.5) is 0 Å². The Morgan fingerprint density at radius 2 is 1.90 bits per heavy atom. The highest BCUT2D eigenvalue weighted by atomic mass is 16.5. The van der Waals surface area contributed by atoms with Crippen LogP contribution in [-0.4, -0.2) is 65.0 Å². The SMILES string of the molecule is CO[C@@H](C(=O)C[C@H]1COc2ccccc2CC1=O)[C@H](O)[C@@H](O)[C@H](O)/C=C/C(C)(C)C. The summed E-state index contributed by atoms with van der Waals surface area (Å²) in [6.07, 6.45) is -2.97. The summed E-state index contributed by atoms with van der Waals surface area (Å²) in [5, 5.41) is 30.9. The van der Waals surface area contributed by atoms with E-state index in [0.717, 1.165) is 5.56 Å². The van der Waals surface area contributed by atoms with Gasteiger partial charge in [0.15, 0.2) is 5.78 Å². The number of hydrogen-bond donors (Lipinski definition) is 3. The number of hydrogen-bond acceptors (Lipinski definition) is 7. The summed E-state index contributed by atoms with van der Waals surface area (Å²) in [7, 11) is 1.23. The first-order chi connectivity index (χ1) is 14.0. The molecular weight excluding hydrogens is 388 g/mol. The Bertz CT molecular complexity index is 765. The molecule has 0 spiro atoms. The van der Waals surface area contributed by atoms with Crippen molar-refractivity contribution in [3.05, 3.63) is 42.0 Å². The molecule has 30 heavy (non-hydrogen) atoms. The topological polar surface area (TPSA) is 113 Å². The number of carbonyl (C=O) groups is 2. The molecule has 1 aliphatic heterocycles. The van der Waals surface area contributed by atoms with Gasteiger partial charge >= 0.3 is 0 Å². The van der Waals surface area contributed by atoms with Crippen LogP contribution in [0.5, 0.6) is 5.75 Å². The number of allylic oxidation sites excluding steroid dienone is 1. The predicted octanol–water partition coefficient (Wildman–Crippen LogP) is 1.47. The largest absolute Gasteiger partial charge is 0.493 e. The van der Waals surface area contributed by atoms with Crippen molar-refractivity contribution in [1.29, 1.82) is 0 Å². The molecular formula is C23H32O7. The number of aliphatic hydroxyl groups is 3. The van der Waals surface area contributed by atoms with Crippen molar-refractivity contribution < 1.29 is 34.4 Å². The molecule has 7 nitrogen and oxygen atoms in total. The summed E-state index contributed by atoms with van der Waals surface area (Å²) in [6.45, 7) is 5.81. The number of ether oxygens (including phenoxy) is 2. The van der Waals surface area contributed by atoms with Gasteiger partial charge in [0, 0.05) is 25.5 Å². The lowest BCUT2D eigenvalue weighted by Crippen LogP contribution is -2.48. The number of Topliss-reactive ketones (excluding diaryl/α,β-unsaturated/α-hetero) is 2. The van der Waals surface area contributed by atoms with E-state index in [4.69, 9.17) is 9.47 Å². The molecule has 0 saturated carbocycles. The van der Waals surface area contributed by atoms with Crippen LogP contribution in [0.3, 0.4) is 0 Å². The normalized spacial score (nSPS) is 21.3. The number of ketones is 2. The molecule has 2 rings (SSSR count). The fourth-order valence-corrected chi connectivity index (χ4v) is 3.28. The van der Waals surface area contributed by atoms with E-state index >= 15 is 0 Å². The summed E-state index contributed by atoms with van der Waals surface area (Å²) in [6, 6.07) is 7.21. The van der Waals surface area contributed by atoms with E-state index in [2.05, 4.69) is 0 Å². The fraction of sp³-hybridized carbons (Fsp3) is 0.565. The monoisotopic (exact) mass is 420 g/mol. The van der Waals surface area contributed by atoms with Crippen LogP contribution < -0.4 is 4.74 Å². The highest BCUT2D eigenvalue weighted by Crippen LogP contribution is 2.26. The van der Waals surface area contributed by atoms with Crippen molar-refractivity contribution in [3.8, 4) is 5.75 Å². The van der Waals surface area contributed by atoms with Crippen LogP contribution >= 0.6 is 0 Å². The van der Waals surface area contributed by atoms with Crippen molar-refractivity contribution in [2.45, 2.75) is 58.0 Å². The van der Waals surface area contributed by atoms with Gasteiger partial charge in [-0.2, -0.15) is 0 Å². The maximum absolute atomic E-state index is 12.8. The van der Waals surface area contributed by atoms with Crippen LogP contribution in [0.1, 0.15) is 32.8 Å². The summed E-state index contributed by atoms with van der Waals surface area (Å²) < 4.78 is 10.8. The third kappa shape index (κ3) is 6.47. The van der Waals surface area contributed by atoms with E-state index in [1.807, 2.05) is 39.0 Å². The maximum Gasteiger partial charge on any atom is 0.165 e. The molecule has 0 saturated heterocycles. The predicted molar refractivity (Wildman–Crippen MR) is 111 cm³/mol. The van der Waals surface area contributed by atoms with Gasteiger partial charge in [-0.15, -0.1) is 0 Å². The lowest BCUT2D eigenvalue weighted by Gasteiger charge is -2.28.